The lowest BCUT2D eigenvalue weighted by atomic mass is 9.80. The lowest BCUT2D eigenvalue weighted by molar-refractivity contribution is 0.658. The molecule has 0 N–H and O–H groups in total. The monoisotopic (exact) mass is 705 g/mol. The summed E-state index contributed by atoms with van der Waals surface area (Å²) in [6.07, 6.45) is 0. The van der Waals surface area contributed by atoms with Crippen molar-refractivity contribution in [3.63, 3.8) is 0 Å². The molecule has 6 heteroatoms. The van der Waals surface area contributed by atoms with Crippen LogP contribution in [0.5, 0.6) is 0 Å². The Morgan fingerprint density at radius 1 is 0.582 bits per heavy atom. The maximum absolute atomic E-state index is 9.38. The van der Waals surface area contributed by atoms with Crippen LogP contribution < -0.4 is 0 Å². The summed E-state index contributed by atoms with van der Waals surface area (Å²) in [6.45, 7) is 4.69. The Kier molecular flexibility index (Phi) is 6.56. The minimum Gasteiger partial charge on any atom is -0.455 e. The quantitative estimate of drug-likeness (QED) is 0.182. The normalized spacial score (nSPS) is 13.0. The zero-order chi connectivity index (χ0) is 36.8. The molecule has 0 fully saturated rings. The molecular formula is C49H31N5O. The van der Waals surface area contributed by atoms with Crippen LogP contribution in [0.25, 0.3) is 94.7 Å². The van der Waals surface area contributed by atoms with E-state index in [2.05, 4.69) is 115 Å². The molecule has 0 atom stereocenters. The summed E-state index contributed by atoms with van der Waals surface area (Å²) in [7, 11) is 0. The molecule has 0 unspecified atom stereocenters. The molecule has 0 saturated carbocycles. The molecule has 10 aromatic rings. The van der Waals surface area contributed by atoms with E-state index in [9.17, 15) is 5.26 Å². The first kappa shape index (κ1) is 31.2. The molecule has 258 valence electrons. The van der Waals surface area contributed by atoms with Crippen LogP contribution in [0.4, 0.5) is 0 Å². The third-order valence-electron chi connectivity index (χ3n) is 11.3. The molecule has 3 heterocycles. The fraction of sp³-hybridized carbons (Fsp3) is 0.0612. The Labute approximate surface area is 316 Å². The zero-order valence-electron chi connectivity index (χ0n) is 30.1. The van der Waals surface area contributed by atoms with E-state index in [0.29, 0.717) is 23.0 Å². The van der Waals surface area contributed by atoms with E-state index in [4.69, 9.17) is 19.4 Å². The molecule has 3 aromatic heterocycles. The van der Waals surface area contributed by atoms with Crippen molar-refractivity contribution in [3.05, 3.63) is 168 Å². The van der Waals surface area contributed by atoms with Gasteiger partial charge in [0, 0.05) is 49.5 Å². The Balaban J connectivity index is 1.16. The molecule has 55 heavy (non-hydrogen) atoms. The van der Waals surface area contributed by atoms with E-state index in [1.54, 1.807) is 12.1 Å². The van der Waals surface area contributed by atoms with E-state index in [-0.39, 0.29) is 5.41 Å². The molecule has 0 saturated heterocycles. The summed E-state index contributed by atoms with van der Waals surface area (Å²) in [6, 6.07) is 54.0. The number of benzene rings is 7. The standard InChI is InChI=1S/C49H31N5O/c1-49(2)37-17-9-6-14-34(37)41-43(49)40-35-15-7-10-18-38(35)54(44(40)42-36-16-8-11-19-39(36)55-45(41)42)33-26-24-32(25-27-33)48-52-46(30-12-4-3-5-13-30)51-47(53-48)31-22-20-29(28-50)21-23-31/h3-27H,1-2H3. The zero-order valence-corrected chi connectivity index (χ0v) is 30.1. The van der Waals surface area contributed by atoms with E-state index in [1.807, 2.05) is 48.5 Å². The van der Waals surface area contributed by atoms with E-state index in [1.165, 1.54) is 33.0 Å². The number of hydrogen-bond donors (Lipinski definition) is 0. The molecule has 11 rings (SSSR count). The van der Waals surface area contributed by atoms with Crippen LogP contribution in [0, 0.1) is 11.3 Å². The first-order valence-corrected chi connectivity index (χ1v) is 18.4. The average Bonchev–Trinajstić information content (AvgIpc) is 3.87. The number of fused-ring (bicyclic) bond motifs is 12. The minimum atomic E-state index is -0.252. The summed E-state index contributed by atoms with van der Waals surface area (Å²) < 4.78 is 9.28. The van der Waals surface area contributed by atoms with E-state index in [0.717, 1.165) is 55.3 Å². The Bertz CT molecular complexity index is 3220. The van der Waals surface area contributed by atoms with Gasteiger partial charge in [-0.1, -0.05) is 105 Å². The number of hydrogen-bond acceptors (Lipinski definition) is 5. The molecule has 0 radical (unpaired) electrons. The van der Waals surface area contributed by atoms with Crippen LogP contribution >= 0.6 is 0 Å². The van der Waals surface area contributed by atoms with Crippen molar-refractivity contribution in [2.75, 3.05) is 0 Å². The second-order valence-corrected chi connectivity index (χ2v) is 14.7. The van der Waals surface area contributed by atoms with Crippen LogP contribution in [0.3, 0.4) is 0 Å². The fourth-order valence-corrected chi connectivity index (χ4v) is 8.76. The van der Waals surface area contributed by atoms with Crippen LogP contribution in [-0.2, 0) is 5.41 Å². The molecule has 1 aliphatic carbocycles. The van der Waals surface area contributed by atoms with Crippen molar-refractivity contribution in [1.82, 2.24) is 19.5 Å². The third-order valence-corrected chi connectivity index (χ3v) is 11.3. The highest BCUT2D eigenvalue weighted by atomic mass is 16.3. The first-order valence-electron chi connectivity index (χ1n) is 18.4. The SMILES string of the molecule is CC1(C)c2ccccc2-c2c1c1c3ccccc3n(-c3ccc(-c4nc(-c5ccccc5)nc(-c5ccc(C#N)cc5)n4)cc3)c1c1c2oc2ccccc21. The van der Waals surface area contributed by atoms with Gasteiger partial charge in [-0.15, -0.1) is 0 Å². The smallest absolute Gasteiger partial charge is 0.164 e. The van der Waals surface area contributed by atoms with E-state index >= 15 is 0 Å². The topological polar surface area (TPSA) is 80.5 Å². The highest BCUT2D eigenvalue weighted by molar-refractivity contribution is 6.30. The molecule has 7 aromatic carbocycles. The summed E-state index contributed by atoms with van der Waals surface area (Å²) in [5.74, 6) is 1.71. The van der Waals surface area contributed by atoms with Crippen LogP contribution in [0.2, 0.25) is 0 Å². The van der Waals surface area contributed by atoms with Gasteiger partial charge < -0.3 is 8.98 Å². The predicted molar refractivity (Wildman–Crippen MR) is 220 cm³/mol. The van der Waals surface area contributed by atoms with Crippen molar-refractivity contribution >= 4 is 43.7 Å². The molecule has 0 spiro atoms. The largest absolute Gasteiger partial charge is 0.455 e. The lowest BCUT2D eigenvalue weighted by Crippen LogP contribution is -2.15. The van der Waals surface area contributed by atoms with Gasteiger partial charge in [0.1, 0.15) is 11.2 Å². The van der Waals surface area contributed by atoms with Crippen molar-refractivity contribution < 1.29 is 4.42 Å². The van der Waals surface area contributed by atoms with Gasteiger partial charge in [0.15, 0.2) is 17.5 Å². The van der Waals surface area contributed by atoms with Crippen molar-refractivity contribution in [2.45, 2.75) is 19.3 Å². The average molecular weight is 706 g/mol. The fourth-order valence-electron chi connectivity index (χ4n) is 8.76. The number of nitriles is 1. The molecule has 0 aliphatic heterocycles. The third kappa shape index (κ3) is 4.50. The number of nitrogens with zero attached hydrogens (tertiary/aromatic N) is 5. The van der Waals surface area contributed by atoms with Crippen molar-refractivity contribution in [1.29, 1.82) is 5.26 Å². The second-order valence-electron chi connectivity index (χ2n) is 14.7. The van der Waals surface area contributed by atoms with Gasteiger partial charge in [0.2, 0.25) is 0 Å². The first-order chi connectivity index (χ1) is 27.0. The molecule has 1 aliphatic rings. The van der Waals surface area contributed by atoms with Gasteiger partial charge in [0.25, 0.3) is 0 Å². The number of rotatable bonds is 4. The van der Waals surface area contributed by atoms with Gasteiger partial charge in [0.05, 0.1) is 28.1 Å². The van der Waals surface area contributed by atoms with Crippen LogP contribution in [0.1, 0.15) is 30.5 Å². The minimum absolute atomic E-state index is 0.252. The van der Waals surface area contributed by atoms with Crippen LogP contribution in [-0.4, -0.2) is 19.5 Å². The highest BCUT2D eigenvalue weighted by Gasteiger charge is 2.41. The van der Waals surface area contributed by atoms with Crippen molar-refractivity contribution in [2.24, 2.45) is 0 Å². The Hall–Kier alpha value is -7.36. The summed E-state index contributed by atoms with van der Waals surface area (Å²) in [5.41, 5.74) is 13.1. The number of para-hydroxylation sites is 2. The highest BCUT2D eigenvalue weighted by Crippen LogP contribution is 2.57. The van der Waals surface area contributed by atoms with Gasteiger partial charge >= 0.3 is 0 Å². The Morgan fingerprint density at radius 2 is 1.16 bits per heavy atom. The molecule has 0 amide bonds. The number of furan rings is 1. The second kappa shape index (κ2) is 11.6. The summed E-state index contributed by atoms with van der Waals surface area (Å²) in [4.78, 5) is 14.8. The van der Waals surface area contributed by atoms with Gasteiger partial charge in [-0.3, -0.25) is 0 Å². The molecule has 0 bridgehead atoms. The van der Waals surface area contributed by atoms with Gasteiger partial charge in [-0.2, -0.15) is 5.26 Å². The summed E-state index contributed by atoms with van der Waals surface area (Å²) >= 11 is 0. The van der Waals surface area contributed by atoms with Crippen molar-refractivity contribution in [3.8, 4) is 57.0 Å². The lowest BCUT2D eigenvalue weighted by Gasteiger charge is -2.23. The van der Waals surface area contributed by atoms with Gasteiger partial charge in [-0.25, -0.2) is 15.0 Å². The van der Waals surface area contributed by atoms with Gasteiger partial charge in [-0.05, 0) is 77.4 Å². The molecule has 6 nitrogen and oxygen atoms in total. The maximum Gasteiger partial charge on any atom is 0.164 e. The van der Waals surface area contributed by atoms with E-state index < -0.39 is 0 Å². The predicted octanol–water partition coefficient (Wildman–Crippen LogP) is 12.0. The Morgan fingerprint density at radius 3 is 1.87 bits per heavy atom. The summed E-state index contributed by atoms with van der Waals surface area (Å²) in [5, 5.41) is 14.1. The molecular weight excluding hydrogens is 675 g/mol. The number of aromatic nitrogens is 4. The maximum atomic E-state index is 9.38. The van der Waals surface area contributed by atoms with Crippen LogP contribution in [0.15, 0.2) is 156 Å².